The number of carboxylic acid groups (broad SMARTS) is 1. The average Bonchev–Trinajstić information content (AvgIpc) is 3.81. The van der Waals surface area contributed by atoms with E-state index in [9.17, 15) is 24.3 Å². The van der Waals surface area contributed by atoms with Crippen molar-refractivity contribution in [2.24, 2.45) is 22.9 Å². The second-order valence-electron chi connectivity index (χ2n) is 16.3. The molecule has 4 aromatic rings. The number of methoxy groups -OCH3 is 2. The molecule has 3 atom stereocenters. The van der Waals surface area contributed by atoms with Crippen molar-refractivity contribution in [3.05, 3.63) is 54.0 Å². The molecular weight excluding hydrogens is 787 g/mol. The van der Waals surface area contributed by atoms with E-state index in [-0.39, 0.29) is 60.4 Å². The molecule has 17 nitrogen and oxygen atoms in total. The van der Waals surface area contributed by atoms with Crippen LogP contribution in [0.4, 0.5) is 0 Å². The third-order valence-electron chi connectivity index (χ3n) is 12.6. The number of ether oxygens (including phenoxy) is 5. The molecule has 3 fully saturated rings. The highest BCUT2D eigenvalue weighted by atomic mass is 16.7. The van der Waals surface area contributed by atoms with E-state index in [1.807, 2.05) is 24.3 Å². The third-order valence-corrected chi connectivity index (χ3v) is 12.6. The van der Waals surface area contributed by atoms with Crippen LogP contribution in [0.5, 0.6) is 28.7 Å². The Morgan fingerprint density at radius 3 is 2.48 bits per heavy atom. The number of amides is 3. The van der Waals surface area contributed by atoms with Gasteiger partial charge in [0, 0.05) is 43.1 Å². The van der Waals surface area contributed by atoms with Crippen molar-refractivity contribution >= 4 is 40.4 Å². The van der Waals surface area contributed by atoms with Gasteiger partial charge < -0.3 is 44.0 Å². The van der Waals surface area contributed by atoms with E-state index in [2.05, 4.69) is 20.3 Å². The van der Waals surface area contributed by atoms with Gasteiger partial charge in [-0.1, -0.05) is 12.8 Å². The largest absolute Gasteiger partial charge is 0.493 e. The molecule has 1 unspecified atom stereocenters. The number of aromatic amines is 1. The topological polar surface area (TPSA) is 207 Å². The molecule has 3 N–H and O–H groups in total. The lowest BCUT2D eigenvalue weighted by Gasteiger charge is -2.43. The summed E-state index contributed by atoms with van der Waals surface area (Å²) in [5, 5.41) is 19.4. The predicted octanol–water partition coefficient (Wildman–Crippen LogP) is 5.17. The lowest BCUT2D eigenvalue weighted by atomic mass is 9.73. The first-order valence-corrected chi connectivity index (χ1v) is 21.1. The maximum absolute atomic E-state index is 13.9. The zero-order chi connectivity index (χ0) is 42.2. The van der Waals surface area contributed by atoms with Gasteiger partial charge in [0.05, 0.1) is 49.2 Å². The number of aromatic nitrogens is 3. The fourth-order valence-electron chi connectivity index (χ4n) is 9.06. The number of aliphatic carboxylic acids is 1. The van der Waals surface area contributed by atoms with Crippen LogP contribution in [0.25, 0.3) is 22.3 Å². The van der Waals surface area contributed by atoms with E-state index >= 15 is 0 Å². The number of carbonyl (C=O) groups excluding carboxylic acids is 3. The second kappa shape index (κ2) is 16.9. The number of hydrazone groups is 1. The summed E-state index contributed by atoms with van der Waals surface area (Å²) < 4.78 is 28.7. The van der Waals surface area contributed by atoms with Gasteiger partial charge in [-0.25, -0.2) is 19.8 Å². The number of likely N-dealkylation sites (tertiary alicyclic amines) is 1. The summed E-state index contributed by atoms with van der Waals surface area (Å²) in [6, 6.07) is 7.80. The molecule has 9 rings (SSSR count). The van der Waals surface area contributed by atoms with Crippen LogP contribution in [-0.2, 0) is 14.4 Å². The van der Waals surface area contributed by atoms with Gasteiger partial charge in [0.1, 0.15) is 29.3 Å². The van der Waals surface area contributed by atoms with Crippen LogP contribution in [0.15, 0.2) is 48.0 Å². The van der Waals surface area contributed by atoms with Crippen LogP contribution in [0, 0.1) is 17.8 Å². The van der Waals surface area contributed by atoms with Crippen molar-refractivity contribution in [1.29, 1.82) is 0 Å². The maximum Gasteiger partial charge on any atom is 0.326 e. The molecule has 17 heteroatoms. The van der Waals surface area contributed by atoms with Gasteiger partial charge in [0.2, 0.25) is 18.6 Å². The molecule has 3 aliphatic heterocycles. The summed E-state index contributed by atoms with van der Waals surface area (Å²) in [4.78, 5) is 67.2. The fraction of sp³-hybridized carbons (Fsp3) is 0.477. The molecule has 0 radical (unpaired) electrons. The highest BCUT2D eigenvalue weighted by molar-refractivity contribution is 6.09. The smallest absolute Gasteiger partial charge is 0.326 e. The minimum absolute atomic E-state index is 0.0201. The van der Waals surface area contributed by atoms with Crippen LogP contribution in [0.2, 0.25) is 0 Å². The van der Waals surface area contributed by atoms with E-state index in [0.29, 0.717) is 84.0 Å². The maximum atomic E-state index is 13.9. The molecule has 2 aromatic heterocycles. The molecule has 1 saturated heterocycles. The average molecular weight is 836 g/mol. The zero-order valence-electron chi connectivity index (χ0n) is 34.2. The summed E-state index contributed by atoms with van der Waals surface area (Å²) in [6.45, 7) is 1.37. The van der Waals surface area contributed by atoms with Crippen molar-refractivity contribution in [3.63, 3.8) is 0 Å². The van der Waals surface area contributed by atoms with Gasteiger partial charge in [-0.2, -0.15) is 5.10 Å². The Hall–Kier alpha value is -6.39. The number of nitrogens with one attached hydrogen (secondary N) is 2. The quantitative estimate of drug-likeness (QED) is 0.151. The highest BCUT2D eigenvalue weighted by Crippen LogP contribution is 2.48. The van der Waals surface area contributed by atoms with Gasteiger partial charge in [-0.15, -0.1) is 0 Å². The van der Waals surface area contributed by atoms with Crippen LogP contribution in [-0.4, -0.2) is 112 Å². The van der Waals surface area contributed by atoms with E-state index < -0.39 is 17.9 Å². The number of hydrogen-bond donors (Lipinski definition) is 3. The first kappa shape index (κ1) is 40.0. The lowest BCUT2D eigenvalue weighted by Crippen LogP contribution is -2.53. The Kier molecular flexibility index (Phi) is 11.1. The minimum Gasteiger partial charge on any atom is -0.493 e. The number of fused-ring (bicyclic) bond motifs is 3. The standard InChI is InChI=1S/C44H49N7O10/c1-57-31-11-9-25(19-34(31)58-2)37-27-5-3-4-6-28(27)43(54)51(49-37)26-15-17-50(18-16-26)35(52)14-10-30(44(55)56)48-42(53)29-20-45-40-38(29)46-22-47-39(40)36-32(59-21-24-7-8-24)12-13-33-41(36)61-23-60-33/h9,11-13,19-20,22,24,26-28,30,45H,3-8,10,14-18,21,23H2,1-2H3,(H,48,53)(H,55,56)/t27-,28+,30?/m0/s1. The second-order valence-corrected chi connectivity index (χ2v) is 16.3. The molecule has 0 bridgehead atoms. The summed E-state index contributed by atoms with van der Waals surface area (Å²) >= 11 is 0. The highest BCUT2D eigenvalue weighted by Gasteiger charge is 2.44. The van der Waals surface area contributed by atoms with Crippen molar-refractivity contribution in [2.45, 2.75) is 76.3 Å². The van der Waals surface area contributed by atoms with Crippen LogP contribution in [0.1, 0.15) is 80.1 Å². The summed E-state index contributed by atoms with van der Waals surface area (Å²) in [5.41, 5.74) is 3.61. The molecule has 3 amide bonds. The molecule has 5 heterocycles. The Labute approximate surface area is 351 Å². The minimum atomic E-state index is -1.34. The van der Waals surface area contributed by atoms with Crippen molar-refractivity contribution in [3.8, 4) is 40.0 Å². The number of rotatable bonds is 14. The lowest BCUT2D eigenvalue weighted by molar-refractivity contribution is -0.143. The summed E-state index contributed by atoms with van der Waals surface area (Å²) in [6.07, 6.45) is 9.56. The molecule has 5 aliphatic rings. The molecule has 61 heavy (non-hydrogen) atoms. The monoisotopic (exact) mass is 835 g/mol. The van der Waals surface area contributed by atoms with E-state index in [1.54, 1.807) is 30.2 Å². The number of carboxylic acids is 1. The molecule has 2 aromatic carbocycles. The Morgan fingerprint density at radius 1 is 0.951 bits per heavy atom. The zero-order valence-corrected chi connectivity index (χ0v) is 34.2. The first-order chi connectivity index (χ1) is 29.7. The van der Waals surface area contributed by atoms with Crippen molar-refractivity contribution in [1.82, 2.24) is 30.2 Å². The number of H-pyrrole nitrogens is 1. The number of hydrogen-bond acceptors (Lipinski definition) is 12. The van der Waals surface area contributed by atoms with Gasteiger partial charge in [0.25, 0.3) is 5.91 Å². The Balaban J connectivity index is 0.849. The van der Waals surface area contributed by atoms with E-state index in [1.165, 1.54) is 12.5 Å². The van der Waals surface area contributed by atoms with Gasteiger partial charge in [-0.3, -0.25) is 14.4 Å². The molecular formula is C44H49N7O10. The summed E-state index contributed by atoms with van der Waals surface area (Å²) in [7, 11) is 3.19. The molecule has 2 aliphatic carbocycles. The van der Waals surface area contributed by atoms with Crippen molar-refractivity contribution < 1.29 is 48.0 Å². The molecule has 2 saturated carbocycles. The number of nitrogens with zero attached hydrogens (tertiary/aromatic N) is 5. The van der Waals surface area contributed by atoms with Crippen LogP contribution in [0.3, 0.4) is 0 Å². The van der Waals surface area contributed by atoms with E-state index in [4.69, 9.17) is 28.8 Å². The number of carbonyl (C=O) groups is 4. The van der Waals surface area contributed by atoms with Gasteiger partial charge in [-0.05, 0) is 81.2 Å². The van der Waals surface area contributed by atoms with Gasteiger partial charge >= 0.3 is 5.97 Å². The predicted molar refractivity (Wildman–Crippen MR) is 220 cm³/mol. The van der Waals surface area contributed by atoms with E-state index in [0.717, 1.165) is 49.8 Å². The Bertz CT molecular complexity index is 2390. The Morgan fingerprint density at radius 2 is 1.72 bits per heavy atom. The molecule has 320 valence electrons. The third kappa shape index (κ3) is 7.88. The first-order valence-electron chi connectivity index (χ1n) is 21.1. The number of benzene rings is 2. The fourth-order valence-corrected chi connectivity index (χ4v) is 9.06. The van der Waals surface area contributed by atoms with Crippen molar-refractivity contribution in [2.75, 3.05) is 40.7 Å². The van der Waals surface area contributed by atoms with Crippen LogP contribution < -0.4 is 29.0 Å². The van der Waals surface area contributed by atoms with Gasteiger partial charge in [0.15, 0.2) is 23.0 Å². The molecule has 0 spiro atoms. The van der Waals surface area contributed by atoms with Crippen LogP contribution >= 0.6 is 0 Å². The SMILES string of the molecule is COc1ccc(C2=NN(C3CCN(C(=O)CCC(NC(=O)c4c[nH]c5c(-c6c(OCC7CC7)ccc7c6OCO7)ncnc45)C(=O)O)CC3)C(=O)[C@@H]3CCCC[C@H]23)cc1OC. The normalized spacial score (nSPS) is 20.5. The number of piperidine rings is 1. The summed E-state index contributed by atoms with van der Waals surface area (Å²) in [5.74, 6) is 1.02.